The van der Waals surface area contributed by atoms with Gasteiger partial charge in [0.1, 0.15) is 5.69 Å². The molecule has 0 saturated carbocycles. The normalized spacial score (nSPS) is 15.4. The third-order valence-corrected chi connectivity index (χ3v) is 6.14. The van der Waals surface area contributed by atoms with Gasteiger partial charge in [-0.1, -0.05) is 30.7 Å². The Morgan fingerprint density at radius 1 is 1.17 bits per heavy atom. The maximum Gasteiger partial charge on any atom is 0.268 e. The molecule has 0 aliphatic carbocycles. The van der Waals surface area contributed by atoms with Crippen molar-refractivity contribution in [1.29, 1.82) is 0 Å². The molecule has 1 aliphatic rings. The average molecular weight is 426 g/mol. The SMILES string of the molecule is CCc1c(C(=O)NC[C@H](O)c2ccc(N3CCCCC3)cc2)[nH]c2ccc(Cl)cc12. The summed E-state index contributed by atoms with van der Waals surface area (Å²) in [4.78, 5) is 18.4. The third-order valence-electron chi connectivity index (χ3n) is 5.90. The molecule has 3 aromatic rings. The Bertz CT molecular complexity index is 1020. The fraction of sp³-hybridized carbons (Fsp3) is 0.375. The van der Waals surface area contributed by atoms with Gasteiger partial charge in [0.25, 0.3) is 5.91 Å². The fourth-order valence-corrected chi connectivity index (χ4v) is 4.41. The molecule has 6 heteroatoms. The highest BCUT2D eigenvalue weighted by Gasteiger charge is 2.18. The number of rotatable bonds is 6. The molecule has 1 amide bonds. The summed E-state index contributed by atoms with van der Waals surface area (Å²) >= 11 is 6.12. The molecule has 158 valence electrons. The van der Waals surface area contributed by atoms with Crippen LogP contribution in [0.1, 0.15) is 53.9 Å². The monoisotopic (exact) mass is 425 g/mol. The molecule has 1 saturated heterocycles. The third kappa shape index (κ3) is 4.32. The number of hydrogen-bond acceptors (Lipinski definition) is 3. The first-order valence-electron chi connectivity index (χ1n) is 10.7. The summed E-state index contributed by atoms with van der Waals surface area (Å²) in [5, 5.41) is 15.0. The van der Waals surface area contributed by atoms with Crippen molar-refractivity contribution < 1.29 is 9.90 Å². The zero-order valence-corrected chi connectivity index (χ0v) is 18.0. The lowest BCUT2D eigenvalue weighted by atomic mass is 10.1. The zero-order valence-electron chi connectivity index (χ0n) is 17.2. The second-order valence-electron chi connectivity index (χ2n) is 7.89. The van der Waals surface area contributed by atoms with Crippen LogP contribution in [0.4, 0.5) is 5.69 Å². The van der Waals surface area contributed by atoms with E-state index in [1.165, 1.54) is 24.9 Å². The Morgan fingerprint density at radius 2 is 1.90 bits per heavy atom. The summed E-state index contributed by atoms with van der Waals surface area (Å²) in [6.45, 7) is 4.35. The Hall–Kier alpha value is -2.50. The number of amides is 1. The van der Waals surface area contributed by atoms with Gasteiger partial charge in [0.15, 0.2) is 0 Å². The number of nitrogens with zero attached hydrogens (tertiary/aromatic N) is 1. The molecular weight excluding hydrogens is 398 g/mol. The molecule has 1 fully saturated rings. The van der Waals surface area contributed by atoms with E-state index in [4.69, 9.17) is 11.6 Å². The summed E-state index contributed by atoms with van der Waals surface area (Å²) in [6, 6.07) is 13.6. The first kappa shape index (κ1) is 20.8. The van der Waals surface area contributed by atoms with Crippen LogP contribution in [0.3, 0.4) is 0 Å². The molecule has 0 spiro atoms. The van der Waals surface area contributed by atoms with Crippen molar-refractivity contribution in [2.75, 3.05) is 24.5 Å². The molecule has 1 aromatic heterocycles. The number of anilines is 1. The highest BCUT2D eigenvalue weighted by atomic mass is 35.5. The molecule has 1 aliphatic heterocycles. The smallest absolute Gasteiger partial charge is 0.268 e. The second kappa shape index (κ2) is 9.11. The van der Waals surface area contributed by atoms with Crippen LogP contribution in [0, 0.1) is 0 Å². The van der Waals surface area contributed by atoms with Gasteiger partial charge >= 0.3 is 0 Å². The standard InChI is InChI=1S/C24H28ClN3O2/c1-2-19-20-14-17(25)8-11-21(20)27-23(19)24(30)26-15-22(29)16-6-9-18(10-7-16)28-12-4-3-5-13-28/h6-11,14,22,27,29H,2-5,12-13,15H2,1H3,(H,26,30)/t22-/m0/s1. The molecule has 3 N–H and O–H groups in total. The minimum Gasteiger partial charge on any atom is -0.387 e. The van der Waals surface area contributed by atoms with Gasteiger partial charge in [-0.3, -0.25) is 4.79 Å². The van der Waals surface area contributed by atoms with Gasteiger partial charge in [0, 0.05) is 41.2 Å². The number of piperidine rings is 1. The van der Waals surface area contributed by atoms with Crippen LogP contribution >= 0.6 is 11.6 Å². The molecule has 4 rings (SSSR count). The molecule has 30 heavy (non-hydrogen) atoms. The van der Waals surface area contributed by atoms with Crippen molar-refractivity contribution >= 4 is 34.1 Å². The van der Waals surface area contributed by atoms with Crippen LogP contribution in [0.25, 0.3) is 10.9 Å². The van der Waals surface area contributed by atoms with E-state index in [1.807, 2.05) is 31.2 Å². The number of halogens is 1. The Balaban J connectivity index is 1.41. The number of carbonyl (C=O) groups excluding carboxylic acids is 1. The highest BCUT2D eigenvalue weighted by Crippen LogP contribution is 2.26. The molecule has 0 bridgehead atoms. The predicted octanol–water partition coefficient (Wildman–Crippen LogP) is 4.84. The minimum absolute atomic E-state index is 0.154. The van der Waals surface area contributed by atoms with Crippen LogP contribution < -0.4 is 10.2 Å². The molecule has 0 radical (unpaired) electrons. The maximum absolute atomic E-state index is 12.8. The van der Waals surface area contributed by atoms with Crippen LogP contribution in [-0.2, 0) is 6.42 Å². The first-order chi connectivity index (χ1) is 14.6. The molecule has 2 heterocycles. The summed E-state index contributed by atoms with van der Waals surface area (Å²) in [5.74, 6) is -0.219. The molecule has 5 nitrogen and oxygen atoms in total. The lowest BCUT2D eigenvalue weighted by molar-refractivity contribution is 0.0911. The van der Waals surface area contributed by atoms with Crippen LogP contribution in [0.5, 0.6) is 0 Å². The highest BCUT2D eigenvalue weighted by molar-refractivity contribution is 6.31. The van der Waals surface area contributed by atoms with E-state index < -0.39 is 6.10 Å². The van der Waals surface area contributed by atoms with Gasteiger partial charge in [-0.2, -0.15) is 0 Å². The number of H-pyrrole nitrogens is 1. The molecule has 1 atom stereocenters. The number of benzene rings is 2. The molecule has 2 aromatic carbocycles. The van der Waals surface area contributed by atoms with Crippen LogP contribution in [0.15, 0.2) is 42.5 Å². The van der Waals surface area contributed by atoms with Crippen molar-refractivity contribution in [3.05, 3.63) is 64.3 Å². The van der Waals surface area contributed by atoms with Crippen molar-refractivity contribution in [1.82, 2.24) is 10.3 Å². The zero-order chi connectivity index (χ0) is 21.1. The minimum atomic E-state index is -0.756. The summed E-state index contributed by atoms with van der Waals surface area (Å²) < 4.78 is 0. The van der Waals surface area contributed by atoms with Gasteiger partial charge in [0.2, 0.25) is 0 Å². The topological polar surface area (TPSA) is 68.4 Å². The van der Waals surface area contributed by atoms with Crippen molar-refractivity contribution in [2.24, 2.45) is 0 Å². The van der Waals surface area contributed by atoms with E-state index in [9.17, 15) is 9.90 Å². The van der Waals surface area contributed by atoms with Crippen molar-refractivity contribution in [3.63, 3.8) is 0 Å². The largest absolute Gasteiger partial charge is 0.387 e. The van der Waals surface area contributed by atoms with Gasteiger partial charge in [-0.05, 0) is 67.1 Å². The number of carbonyl (C=O) groups is 1. The summed E-state index contributed by atoms with van der Waals surface area (Å²) in [7, 11) is 0. The summed E-state index contributed by atoms with van der Waals surface area (Å²) in [5.41, 5.74) is 4.34. The van der Waals surface area contributed by atoms with E-state index in [0.717, 1.165) is 35.1 Å². The Kier molecular flexibility index (Phi) is 6.30. The van der Waals surface area contributed by atoms with Crippen LogP contribution in [0.2, 0.25) is 5.02 Å². The second-order valence-corrected chi connectivity index (χ2v) is 8.32. The van der Waals surface area contributed by atoms with Gasteiger partial charge in [-0.15, -0.1) is 0 Å². The number of hydrogen-bond donors (Lipinski definition) is 3. The Labute approximate surface area is 182 Å². The number of aryl methyl sites for hydroxylation is 1. The fourth-order valence-electron chi connectivity index (χ4n) is 4.24. The predicted molar refractivity (Wildman–Crippen MR) is 122 cm³/mol. The van der Waals surface area contributed by atoms with E-state index in [0.29, 0.717) is 17.1 Å². The average Bonchev–Trinajstić information content (AvgIpc) is 3.15. The van der Waals surface area contributed by atoms with Crippen molar-refractivity contribution in [3.8, 4) is 0 Å². The lowest BCUT2D eigenvalue weighted by Gasteiger charge is -2.29. The molecule has 0 unspecified atom stereocenters. The van der Waals surface area contributed by atoms with Gasteiger partial charge in [-0.25, -0.2) is 0 Å². The number of aliphatic hydroxyl groups excluding tert-OH is 1. The number of aliphatic hydroxyl groups is 1. The quantitative estimate of drug-likeness (QED) is 0.529. The van der Waals surface area contributed by atoms with Gasteiger partial charge in [0.05, 0.1) is 6.10 Å². The van der Waals surface area contributed by atoms with E-state index in [2.05, 4.69) is 27.3 Å². The van der Waals surface area contributed by atoms with E-state index in [-0.39, 0.29) is 12.5 Å². The number of aromatic nitrogens is 1. The number of fused-ring (bicyclic) bond motifs is 1. The number of aromatic amines is 1. The molecular formula is C24H28ClN3O2. The van der Waals surface area contributed by atoms with E-state index >= 15 is 0 Å². The maximum atomic E-state index is 12.8. The van der Waals surface area contributed by atoms with Crippen molar-refractivity contribution in [2.45, 2.75) is 38.7 Å². The first-order valence-corrected chi connectivity index (χ1v) is 11.1. The van der Waals surface area contributed by atoms with Gasteiger partial charge < -0.3 is 20.3 Å². The summed E-state index contributed by atoms with van der Waals surface area (Å²) in [6.07, 6.45) is 3.72. The van der Waals surface area contributed by atoms with Crippen LogP contribution in [-0.4, -0.2) is 35.6 Å². The Morgan fingerprint density at radius 3 is 2.60 bits per heavy atom. The number of nitrogens with one attached hydrogen (secondary N) is 2. The van der Waals surface area contributed by atoms with E-state index in [1.54, 1.807) is 6.07 Å². The lowest BCUT2D eigenvalue weighted by Crippen LogP contribution is -2.30.